The first-order chi connectivity index (χ1) is 8.39. The number of ketones is 1. The number of aryl methyl sites for hydroxylation is 2. The summed E-state index contributed by atoms with van der Waals surface area (Å²) in [6, 6.07) is 3.81. The Kier molecular flexibility index (Phi) is 4.52. The average Bonchev–Trinajstić information content (AvgIpc) is 2.39. The Labute approximate surface area is 109 Å². The van der Waals surface area contributed by atoms with Crippen molar-refractivity contribution in [3.63, 3.8) is 0 Å². The molecule has 1 aromatic carbocycles. The molecular weight excluding hydrogens is 226 g/mol. The second-order valence-electron chi connectivity index (χ2n) is 5.08. The molecule has 0 amide bonds. The van der Waals surface area contributed by atoms with Crippen molar-refractivity contribution < 1.29 is 9.53 Å². The van der Waals surface area contributed by atoms with Gasteiger partial charge in [-0.1, -0.05) is 13.8 Å². The SMILES string of the molecule is CCC(C)(CN)C(=O)c1cc(C)c(OC)cc1C. The first kappa shape index (κ1) is 14.7. The smallest absolute Gasteiger partial charge is 0.170 e. The van der Waals surface area contributed by atoms with Crippen LogP contribution in [0.3, 0.4) is 0 Å². The first-order valence-electron chi connectivity index (χ1n) is 6.29. The van der Waals surface area contributed by atoms with Crippen molar-refractivity contribution in [1.82, 2.24) is 0 Å². The summed E-state index contributed by atoms with van der Waals surface area (Å²) in [6.07, 6.45) is 0.743. The molecule has 0 aromatic heterocycles. The van der Waals surface area contributed by atoms with E-state index in [0.29, 0.717) is 6.54 Å². The second-order valence-corrected chi connectivity index (χ2v) is 5.08. The molecular formula is C15H23NO2. The lowest BCUT2D eigenvalue weighted by molar-refractivity contribution is 0.0819. The van der Waals surface area contributed by atoms with Crippen LogP contribution in [0.25, 0.3) is 0 Å². The zero-order valence-corrected chi connectivity index (χ0v) is 12.0. The highest BCUT2D eigenvalue weighted by Crippen LogP contribution is 2.30. The fourth-order valence-corrected chi connectivity index (χ4v) is 1.98. The Bertz CT molecular complexity index is 448. The van der Waals surface area contributed by atoms with Gasteiger partial charge in [-0.05, 0) is 43.5 Å². The lowest BCUT2D eigenvalue weighted by Gasteiger charge is -2.26. The van der Waals surface area contributed by atoms with Gasteiger partial charge in [0, 0.05) is 17.5 Å². The van der Waals surface area contributed by atoms with Crippen LogP contribution in [-0.4, -0.2) is 19.4 Å². The average molecular weight is 249 g/mol. The van der Waals surface area contributed by atoms with E-state index in [-0.39, 0.29) is 5.78 Å². The van der Waals surface area contributed by atoms with E-state index in [0.717, 1.165) is 28.9 Å². The van der Waals surface area contributed by atoms with E-state index < -0.39 is 5.41 Å². The number of benzene rings is 1. The molecule has 0 fully saturated rings. The van der Waals surface area contributed by atoms with E-state index in [2.05, 4.69) is 0 Å². The molecule has 18 heavy (non-hydrogen) atoms. The standard InChI is InChI=1S/C15H23NO2/c1-6-15(4,9-16)14(17)12-7-11(3)13(18-5)8-10(12)2/h7-8H,6,9,16H2,1-5H3. The van der Waals surface area contributed by atoms with E-state index in [1.165, 1.54) is 0 Å². The van der Waals surface area contributed by atoms with Gasteiger partial charge >= 0.3 is 0 Å². The molecule has 1 aromatic rings. The van der Waals surface area contributed by atoms with Crippen LogP contribution in [-0.2, 0) is 0 Å². The van der Waals surface area contributed by atoms with Crippen molar-refractivity contribution in [3.8, 4) is 5.75 Å². The third-order valence-electron chi connectivity index (χ3n) is 3.77. The molecule has 2 N–H and O–H groups in total. The molecule has 0 bridgehead atoms. The predicted octanol–water partition coefficient (Wildman–Crippen LogP) is 2.87. The van der Waals surface area contributed by atoms with E-state index in [1.807, 2.05) is 39.8 Å². The number of Topliss-reactive ketones (excluding diaryl/α,β-unsaturated/α-hetero) is 1. The Balaban J connectivity index is 3.26. The minimum atomic E-state index is -0.480. The largest absolute Gasteiger partial charge is 0.496 e. The molecule has 1 atom stereocenters. The third kappa shape index (κ3) is 2.56. The maximum atomic E-state index is 12.6. The number of nitrogens with two attached hydrogens (primary N) is 1. The summed E-state index contributed by atoms with van der Waals surface area (Å²) in [6.45, 7) is 8.17. The van der Waals surface area contributed by atoms with E-state index >= 15 is 0 Å². The van der Waals surface area contributed by atoms with Gasteiger partial charge in [-0.15, -0.1) is 0 Å². The summed E-state index contributed by atoms with van der Waals surface area (Å²) in [5, 5.41) is 0. The molecule has 1 rings (SSSR count). The Morgan fingerprint density at radius 3 is 2.39 bits per heavy atom. The molecule has 0 aliphatic heterocycles. The van der Waals surface area contributed by atoms with Crippen LogP contribution >= 0.6 is 0 Å². The van der Waals surface area contributed by atoms with Gasteiger partial charge in [0.25, 0.3) is 0 Å². The lowest BCUT2D eigenvalue weighted by atomic mass is 9.78. The van der Waals surface area contributed by atoms with E-state index in [4.69, 9.17) is 10.5 Å². The lowest BCUT2D eigenvalue weighted by Crippen LogP contribution is -2.35. The number of rotatable bonds is 5. The number of ether oxygens (including phenoxy) is 1. The molecule has 0 aliphatic carbocycles. The van der Waals surface area contributed by atoms with Crippen molar-refractivity contribution >= 4 is 5.78 Å². The third-order valence-corrected chi connectivity index (χ3v) is 3.77. The summed E-state index contributed by atoms with van der Waals surface area (Å²) in [5.74, 6) is 0.936. The van der Waals surface area contributed by atoms with Crippen molar-refractivity contribution in [3.05, 3.63) is 28.8 Å². The Morgan fingerprint density at radius 2 is 1.94 bits per heavy atom. The van der Waals surface area contributed by atoms with Crippen LogP contribution in [0.1, 0.15) is 41.8 Å². The molecule has 3 nitrogen and oxygen atoms in total. The van der Waals surface area contributed by atoms with Crippen LogP contribution in [0, 0.1) is 19.3 Å². The molecule has 100 valence electrons. The van der Waals surface area contributed by atoms with Gasteiger partial charge in [-0.3, -0.25) is 4.79 Å². The topological polar surface area (TPSA) is 52.3 Å². The highest BCUT2D eigenvalue weighted by molar-refractivity contribution is 6.02. The van der Waals surface area contributed by atoms with Gasteiger partial charge in [-0.25, -0.2) is 0 Å². The zero-order chi connectivity index (χ0) is 13.9. The molecule has 1 unspecified atom stereocenters. The van der Waals surface area contributed by atoms with Gasteiger partial charge < -0.3 is 10.5 Å². The molecule has 0 spiro atoms. The van der Waals surface area contributed by atoms with Gasteiger partial charge in [0.2, 0.25) is 0 Å². The summed E-state index contributed by atoms with van der Waals surface area (Å²) < 4.78 is 5.26. The fraction of sp³-hybridized carbons (Fsp3) is 0.533. The van der Waals surface area contributed by atoms with Crippen LogP contribution < -0.4 is 10.5 Å². The van der Waals surface area contributed by atoms with E-state index in [1.54, 1.807) is 7.11 Å². The first-order valence-corrected chi connectivity index (χ1v) is 6.29. The van der Waals surface area contributed by atoms with Crippen LogP contribution in [0.4, 0.5) is 0 Å². The molecule has 0 heterocycles. The number of carbonyl (C=O) groups excluding carboxylic acids is 1. The summed E-state index contributed by atoms with van der Waals surface area (Å²) >= 11 is 0. The monoisotopic (exact) mass is 249 g/mol. The van der Waals surface area contributed by atoms with Crippen molar-refractivity contribution in [2.24, 2.45) is 11.1 Å². The van der Waals surface area contributed by atoms with Gasteiger partial charge in [0.1, 0.15) is 5.75 Å². The molecule has 3 heteroatoms. The molecule has 0 radical (unpaired) electrons. The Hall–Kier alpha value is -1.35. The number of carbonyl (C=O) groups is 1. The normalized spacial score (nSPS) is 14.1. The number of methoxy groups -OCH3 is 1. The summed E-state index contributed by atoms with van der Waals surface area (Å²) in [4.78, 5) is 12.6. The number of hydrogen-bond donors (Lipinski definition) is 1. The maximum absolute atomic E-state index is 12.6. The minimum Gasteiger partial charge on any atom is -0.496 e. The molecule has 0 saturated heterocycles. The van der Waals surface area contributed by atoms with Gasteiger partial charge in [0.05, 0.1) is 7.11 Å². The fourth-order valence-electron chi connectivity index (χ4n) is 1.98. The molecule has 0 saturated carbocycles. The Morgan fingerprint density at radius 1 is 1.33 bits per heavy atom. The predicted molar refractivity (Wildman–Crippen MR) is 74.3 cm³/mol. The van der Waals surface area contributed by atoms with Gasteiger partial charge in [-0.2, -0.15) is 0 Å². The second kappa shape index (κ2) is 5.53. The highest BCUT2D eigenvalue weighted by Gasteiger charge is 2.31. The quantitative estimate of drug-likeness (QED) is 0.816. The van der Waals surface area contributed by atoms with Crippen molar-refractivity contribution in [2.45, 2.75) is 34.1 Å². The minimum absolute atomic E-state index is 0.121. The summed E-state index contributed by atoms with van der Waals surface area (Å²) in [5.41, 5.74) is 7.94. The number of hydrogen-bond acceptors (Lipinski definition) is 3. The summed E-state index contributed by atoms with van der Waals surface area (Å²) in [7, 11) is 1.64. The van der Waals surface area contributed by atoms with Crippen molar-refractivity contribution in [2.75, 3.05) is 13.7 Å². The van der Waals surface area contributed by atoms with Crippen molar-refractivity contribution in [1.29, 1.82) is 0 Å². The van der Waals surface area contributed by atoms with Crippen LogP contribution in [0.15, 0.2) is 12.1 Å². The van der Waals surface area contributed by atoms with E-state index in [9.17, 15) is 4.79 Å². The zero-order valence-electron chi connectivity index (χ0n) is 12.0. The van der Waals surface area contributed by atoms with Crippen LogP contribution in [0.2, 0.25) is 0 Å². The van der Waals surface area contributed by atoms with Crippen LogP contribution in [0.5, 0.6) is 5.75 Å². The molecule has 0 aliphatic rings. The van der Waals surface area contributed by atoms with Gasteiger partial charge in [0.15, 0.2) is 5.78 Å². The highest BCUT2D eigenvalue weighted by atomic mass is 16.5. The maximum Gasteiger partial charge on any atom is 0.170 e.